The first kappa shape index (κ1) is 20.1. The van der Waals surface area contributed by atoms with Gasteiger partial charge in [-0.1, -0.05) is 19.7 Å². The predicted octanol–water partition coefficient (Wildman–Crippen LogP) is 0.707. The molecule has 94 valence electrons. The number of ether oxygens (including phenoxy) is 2. The molecule has 1 N–H and O–H groups in total. The van der Waals surface area contributed by atoms with E-state index in [1.807, 2.05) is 0 Å². The second-order valence-corrected chi connectivity index (χ2v) is 1.86. The Labute approximate surface area is 100 Å². The summed E-state index contributed by atoms with van der Waals surface area (Å²) in [6.45, 7) is 8.79. The smallest absolute Gasteiger partial charge is 0.332 e. The van der Waals surface area contributed by atoms with Crippen molar-refractivity contribution in [1.29, 1.82) is 5.26 Å². The molecule has 0 fully saturated rings. The van der Waals surface area contributed by atoms with E-state index in [-0.39, 0.29) is 0 Å². The number of rotatable bonds is 3. The van der Waals surface area contributed by atoms with Gasteiger partial charge in [-0.2, -0.15) is 5.26 Å². The van der Waals surface area contributed by atoms with E-state index in [0.717, 1.165) is 12.2 Å². The first-order chi connectivity index (χ1) is 8.03. The topological polar surface area (TPSA) is 96.6 Å². The Morgan fingerprint density at radius 3 is 1.76 bits per heavy atom. The Morgan fingerprint density at radius 2 is 1.71 bits per heavy atom. The monoisotopic (exact) mass is 241 g/mol. The van der Waals surface area contributed by atoms with Gasteiger partial charge in [0.05, 0.1) is 13.2 Å². The van der Waals surface area contributed by atoms with Gasteiger partial charge in [-0.3, -0.25) is 0 Å². The number of hydrogen-bond acceptors (Lipinski definition) is 6. The summed E-state index contributed by atoms with van der Waals surface area (Å²) in [6.07, 6.45) is 3.27. The highest BCUT2D eigenvalue weighted by Crippen LogP contribution is 1.72. The van der Waals surface area contributed by atoms with Gasteiger partial charge in [0.15, 0.2) is 6.79 Å². The van der Waals surface area contributed by atoms with Crippen molar-refractivity contribution < 1.29 is 24.2 Å². The van der Waals surface area contributed by atoms with E-state index >= 15 is 0 Å². The lowest BCUT2D eigenvalue weighted by Gasteiger charge is -1.89. The van der Waals surface area contributed by atoms with Crippen molar-refractivity contribution in [3.63, 3.8) is 0 Å². The molecule has 0 aromatic carbocycles. The second kappa shape index (κ2) is 19.2. The molecular weight excluding hydrogens is 226 g/mol. The van der Waals surface area contributed by atoms with Crippen LogP contribution in [-0.4, -0.2) is 30.9 Å². The molecule has 0 aliphatic heterocycles. The average Bonchev–Trinajstić information content (AvgIpc) is 2.38. The molecule has 0 saturated heterocycles. The fourth-order valence-corrected chi connectivity index (χ4v) is 0.206. The van der Waals surface area contributed by atoms with Crippen LogP contribution in [-0.2, 0) is 19.1 Å². The SMILES string of the molecule is C=CC#N.C=CC(=O)OC.C=CC(=O)OCO. The van der Waals surface area contributed by atoms with E-state index in [0.29, 0.717) is 0 Å². The zero-order chi connectivity index (χ0) is 14.1. The number of nitriles is 1. The van der Waals surface area contributed by atoms with Crippen molar-refractivity contribution >= 4 is 11.9 Å². The molecule has 6 heteroatoms. The van der Waals surface area contributed by atoms with Gasteiger partial charge in [0, 0.05) is 18.2 Å². The van der Waals surface area contributed by atoms with Crippen LogP contribution in [0.3, 0.4) is 0 Å². The Hall–Kier alpha value is -2.39. The molecule has 0 unspecified atom stereocenters. The van der Waals surface area contributed by atoms with Gasteiger partial charge in [0.1, 0.15) is 0 Å². The summed E-state index contributed by atoms with van der Waals surface area (Å²) in [6, 6.07) is 1.69. The van der Waals surface area contributed by atoms with Gasteiger partial charge in [0.25, 0.3) is 0 Å². The maximum absolute atomic E-state index is 9.91. The average molecular weight is 241 g/mol. The number of hydrogen-bond donors (Lipinski definition) is 1. The Kier molecular flexibility index (Phi) is 22.7. The summed E-state index contributed by atoms with van der Waals surface area (Å²) >= 11 is 0. The number of carbonyl (C=O) groups is 2. The van der Waals surface area contributed by atoms with Crippen LogP contribution < -0.4 is 0 Å². The van der Waals surface area contributed by atoms with Crippen LogP contribution in [0, 0.1) is 11.3 Å². The van der Waals surface area contributed by atoms with Gasteiger partial charge in [-0.15, -0.1) is 0 Å². The summed E-state index contributed by atoms with van der Waals surface area (Å²) in [5.41, 5.74) is 0. The maximum atomic E-state index is 9.91. The summed E-state index contributed by atoms with van der Waals surface area (Å²) in [4.78, 5) is 19.8. The van der Waals surface area contributed by atoms with Gasteiger partial charge in [-0.05, 0) is 0 Å². The molecule has 17 heavy (non-hydrogen) atoms. The first-order valence-corrected chi connectivity index (χ1v) is 4.14. The van der Waals surface area contributed by atoms with Crippen LogP contribution in [0.5, 0.6) is 0 Å². The molecule has 0 radical (unpaired) electrons. The molecular formula is C11H15NO5. The van der Waals surface area contributed by atoms with E-state index in [9.17, 15) is 9.59 Å². The minimum absolute atomic E-state index is 0.394. The van der Waals surface area contributed by atoms with Crippen molar-refractivity contribution in [3.05, 3.63) is 38.0 Å². The van der Waals surface area contributed by atoms with Crippen LogP contribution in [0.25, 0.3) is 0 Å². The highest BCUT2D eigenvalue weighted by atomic mass is 16.6. The molecule has 0 bridgehead atoms. The van der Waals surface area contributed by atoms with Gasteiger partial charge < -0.3 is 14.6 Å². The third kappa shape index (κ3) is 31.7. The molecule has 0 heterocycles. The Morgan fingerprint density at radius 1 is 1.29 bits per heavy atom. The molecule has 0 rings (SSSR count). The molecule has 0 saturated carbocycles. The normalized spacial score (nSPS) is 6.41. The van der Waals surface area contributed by atoms with Crippen molar-refractivity contribution in [3.8, 4) is 6.07 Å². The van der Waals surface area contributed by atoms with Crippen molar-refractivity contribution in [1.82, 2.24) is 0 Å². The number of esters is 2. The molecule has 0 atom stereocenters. The lowest BCUT2D eigenvalue weighted by Crippen LogP contribution is -1.99. The quantitative estimate of drug-likeness (QED) is 0.338. The zero-order valence-electron chi connectivity index (χ0n) is 9.59. The number of aliphatic hydroxyl groups is 1. The fourth-order valence-electron chi connectivity index (χ4n) is 0.206. The van der Waals surface area contributed by atoms with E-state index in [1.165, 1.54) is 13.2 Å². The van der Waals surface area contributed by atoms with Crippen molar-refractivity contribution in [2.24, 2.45) is 0 Å². The largest absolute Gasteiger partial charge is 0.466 e. The summed E-state index contributed by atoms with van der Waals surface area (Å²) in [5, 5.41) is 15.4. The number of carbonyl (C=O) groups excluding carboxylic acids is 2. The highest BCUT2D eigenvalue weighted by Gasteiger charge is 1.87. The van der Waals surface area contributed by atoms with Crippen molar-refractivity contribution in [2.45, 2.75) is 0 Å². The molecule has 0 aliphatic rings. The number of nitrogens with zero attached hydrogens (tertiary/aromatic N) is 1. The second-order valence-electron chi connectivity index (χ2n) is 1.86. The predicted molar refractivity (Wildman–Crippen MR) is 61.4 cm³/mol. The molecule has 0 aromatic rings. The highest BCUT2D eigenvalue weighted by molar-refractivity contribution is 5.81. The Bertz CT molecular complexity index is 291. The van der Waals surface area contributed by atoms with Crippen LogP contribution in [0.1, 0.15) is 0 Å². The lowest BCUT2D eigenvalue weighted by molar-refractivity contribution is -0.145. The maximum Gasteiger partial charge on any atom is 0.332 e. The van der Waals surface area contributed by atoms with E-state index in [1.54, 1.807) is 6.07 Å². The fraction of sp³-hybridized carbons (Fsp3) is 0.182. The number of aliphatic hydroxyl groups excluding tert-OH is 1. The summed E-state index contributed by atoms with van der Waals surface area (Å²) in [5.74, 6) is -1.00. The van der Waals surface area contributed by atoms with E-state index < -0.39 is 18.7 Å². The minimum Gasteiger partial charge on any atom is -0.466 e. The van der Waals surface area contributed by atoms with Crippen LogP contribution in [0.4, 0.5) is 0 Å². The minimum atomic E-state index is -0.609. The van der Waals surface area contributed by atoms with Crippen LogP contribution in [0.15, 0.2) is 38.0 Å². The van der Waals surface area contributed by atoms with E-state index in [4.69, 9.17) is 10.4 Å². The third-order valence-corrected chi connectivity index (χ3v) is 0.833. The number of methoxy groups -OCH3 is 1. The summed E-state index contributed by atoms with van der Waals surface area (Å²) < 4.78 is 8.13. The molecule has 0 aliphatic carbocycles. The zero-order valence-corrected chi connectivity index (χ0v) is 9.59. The van der Waals surface area contributed by atoms with Gasteiger partial charge in [-0.25, -0.2) is 9.59 Å². The van der Waals surface area contributed by atoms with Gasteiger partial charge >= 0.3 is 11.9 Å². The van der Waals surface area contributed by atoms with E-state index in [2.05, 4.69) is 29.2 Å². The number of allylic oxidation sites excluding steroid dienone is 1. The molecule has 0 aromatic heterocycles. The van der Waals surface area contributed by atoms with Crippen LogP contribution in [0.2, 0.25) is 0 Å². The summed E-state index contributed by atoms with van der Waals surface area (Å²) in [7, 11) is 1.31. The molecule has 0 spiro atoms. The van der Waals surface area contributed by atoms with Crippen LogP contribution >= 0.6 is 0 Å². The molecule has 6 nitrogen and oxygen atoms in total. The first-order valence-electron chi connectivity index (χ1n) is 4.14. The van der Waals surface area contributed by atoms with Gasteiger partial charge in [0.2, 0.25) is 0 Å². The van der Waals surface area contributed by atoms with Crippen molar-refractivity contribution in [2.75, 3.05) is 13.9 Å². The Balaban J connectivity index is -0.000000180. The third-order valence-electron chi connectivity index (χ3n) is 0.833. The molecule has 0 amide bonds. The lowest BCUT2D eigenvalue weighted by atomic mass is 10.7. The standard InChI is InChI=1S/C4H6O3.C4H6O2.C3H3N/c1-2-4(6)7-3-5;1-3-4(5)6-2;1-2-3-4/h2,5H,1,3H2;3H,1H2,2H3;2H,1H2.